The lowest BCUT2D eigenvalue weighted by atomic mass is 9.74. The van der Waals surface area contributed by atoms with Crippen molar-refractivity contribution in [3.63, 3.8) is 0 Å². The molecular weight excluding hydrogens is 485 g/mol. The predicted octanol–water partition coefficient (Wildman–Crippen LogP) is 4.94. The number of aliphatic hydroxyl groups excluding tert-OH is 2. The molecule has 1 aromatic heterocycles. The Kier molecular flexibility index (Phi) is 8.56. The highest BCUT2D eigenvalue weighted by atomic mass is 19.1. The minimum absolute atomic E-state index is 0.0138. The topological polar surface area (TPSA) is 75.0 Å². The number of piperidine rings is 1. The fraction of sp³-hybridized carbons (Fsp3) is 0.464. The van der Waals surface area contributed by atoms with Gasteiger partial charge in [-0.25, -0.2) is 13.2 Å². The standard InChI is InChI=1S/C28H33F3N2O4/c1-18-16-32-24-4-3-20(36-2)15-21(24)26(18)25(35)5-6-28(17-34)7-9-33(10-8-28)11-12-37-27-22(30)13-19(29)14-23(27)31/h3-4,13-16,25,34-35H,5-12,17H2,1-2H3/t25-/m1/s1. The lowest BCUT2D eigenvalue weighted by Gasteiger charge is -2.41. The number of ether oxygens (including phenoxy) is 2. The van der Waals surface area contributed by atoms with Crippen LogP contribution >= 0.6 is 0 Å². The van der Waals surface area contributed by atoms with Gasteiger partial charge in [-0.1, -0.05) is 0 Å². The van der Waals surface area contributed by atoms with E-state index < -0.39 is 29.3 Å². The number of aromatic nitrogens is 1. The van der Waals surface area contributed by atoms with Crippen LogP contribution in [0.25, 0.3) is 10.9 Å². The zero-order chi connectivity index (χ0) is 26.6. The van der Waals surface area contributed by atoms with Gasteiger partial charge in [0, 0.05) is 36.9 Å². The molecule has 1 aliphatic heterocycles. The van der Waals surface area contributed by atoms with E-state index in [-0.39, 0.29) is 18.6 Å². The summed E-state index contributed by atoms with van der Waals surface area (Å²) in [4.78, 5) is 6.57. The van der Waals surface area contributed by atoms with E-state index in [1.54, 1.807) is 13.3 Å². The van der Waals surface area contributed by atoms with Crippen LogP contribution in [-0.2, 0) is 0 Å². The minimum atomic E-state index is -1.07. The first-order valence-corrected chi connectivity index (χ1v) is 12.5. The lowest BCUT2D eigenvalue weighted by Crippen LogP contribution is -2.43. The average Bonchev–Trinajstić information content (AvgIpc) is 2.89. The van der Waals surface area contributed by atoms with E-state index in [9.17, 15) is 23.4 Å². The number of halogens is 3. The number of aryl methyl sites for hydroxylation is 1. The molecule has 0 aliphatic carbocycles. The molecule has 2 aromatic carbocycles. The number of nitrogens with zero attached hydrogens (tertiary/aromatic N) is 2. The van der Waals surface area contributed by atoms with Crippen LogP contribution in [0.5, 0.6) is 11.5 Å². The molecule has 1 aliphatic rings. The quantitative estimate of drug-likeness (QED) is 0.396. The Morgan fingerprint density at radius 2 is 1.81 bits per heavy atom. The minimum Gasteiger partial charge on any atom is -0.497 e. The molecule has 4 rings (SSSR count). The second-order valence-corrected chi connectivity index (χ2v) is 9.84. The summed E-state index contributed by atoms with van der Waals surface area (Å²) in [7, 11) is 1.60. The van der Waals surface area contributed by atoms with Crippen LogP contribution in [-0.4, -0.2) is 60.1 Å². The molecular formula is C28H33F3N2O4. The summed E-state index contributed by atoms with van der Waals surface area (Å²) in [5, 5.41) is 22.3. The Hall–Kier alpha value is -2.88. The van der Waals surface area contributed by atoms with Crippen molar-refractivity contribution in [1.29, 1.82) is 0 Å². The van der Waals surface area contributed by atoms with E-state index in [2.05, 4.69) is 9.88 Å². The van der Waals surface area contributed by atoms with Gasteiger partial charge in [0.1, 0.15) is 18.2 Å². The number of aliphatic hydroxyl groups is 2. The van der Waals surface area contributed by atoms with Gasteiger partial charge in [-0.2, -0.15) is 0 Å². The third-order valence-electron chi connectivity index (χ3n) is 7.47. The molecule has 0 bridgehead atoms. The molecule has 9 heteroatoms. The molecule has 1 saturated heterocycles. The molecule has 2 heterocycles. The zero-order valence-electron chi connectivity index (χ0n) is 21.1. The van der Waals surface area contributed by atoms with Gasteiger partial charge < -0.3 is 19.7 Å². The van der Waals surface area contributed by atoms with E-state index in [0.29, 0.717) is 50.4 Å². The maximum Gasteiger partial charge on any atom is 0.190 e. The number of fused-ring (bicyclic) bond motifs is 1. The lowest BCUT2D eigenvalue weighted by molar-refractivity contribution is 0.0202. The molecule has 0 radical (unpaired) electrons. The highest BCUT2D eigenvalue weighted by Gasteiger charge is 2.34. The Balaban J connectivity index is 1.33. The van der Waals surface area contributed by atoms with Crippen molar-refractivity contribution in [1.82, 2.24) is 9.88 Å². The Labute approximate surface area is 214 Å². The van der Waals surface area contributed by atoms with Gasteiger partial charge >= 0.3 is 0 Å². The van der Waals surface area contributed by atoms with E-state index in [0.717, 1.165) is 34.9 Å². The molecule has 2 N–H and O–H groups in total. The summed E-state index contributed by atoms with van der Waals surface area (Å²) in [6, 6.07) is 6.79. The fourth-order valence-corrected chi connectivity index (χ4v) is 5.13. The van der Waals surface area contributed by atoms with Gasteiger partial charge in [-0.15, -0.1) is 0 Å². The maximum absolute atomic E-state index is 13.8. The SMILES string of the molecule is COc1ccc2ncc(C)c([C@H](O)CCC3(CO)CCN(CCOc4c(F)cc(F)cc4F)CC3)c2c1. The van der Waals surface area contributed by atoms with Crippen molar-refractivity contribution in [2.24, 2.45) is 5.41 Å². The van der Waals surface area contributed by atoms with E-state index in [1.165, 1.54) is 0 Å². The van der Waals surface area contributed by atoms with Crippen molar-refractivity contribution in [2.45, 2.75) is 38.7 Å². The zero-order valence-corrected chi connectivity index (χ0v) is 21.1. The molecule has 1 atom stereocenters. The van der Waals surface area contributed by atoms with Gasteiger partial charge in [-0.3, -0.25) is 9.88 Å². The number of hydrogen-bond donors (Lipinski definition) is 2. The first-order chi connectivity index (χ1) is 17.7. The Bertz CT molecular complexity index is 1210. The highest BCUT2D eigenvalue weighted by molar-refractivity contribution is 5.84. The molecule has 200 valence electrons. The van der Waals surface area contributed by atoms with Crippen molar-refractivity contribution in [2.75, 3.05) is 40.0 Å². The molecule has 0 unspecified atom stereocenters. The fourth-order valence-electron chi connectivity index (χ4n) is 5.13. The summed E-state index contributed by atoms with van der Waals surface area (Å²) in [6.07, 6.45) is 3.63. The number of benzene rings is 2. The monoisotopic (exact) mass is 518 g/mol. The van der Waals surface area contributed by atoms with Crippen LogP contribution in [0.1, 0.15) is 42.9 Å². The summed E-state index contributed by atoms with van der Waals surface area (Å²) < 4.78 is 51.2. The van der Waals surface area contributed by atoms with Crippen LogP contribution in [0.2, 0.25) is 0 Å². The van der Waals surface area contributed by atoms with Crippen LogP contribution in [0.4, 0.5) is 13.2 Å². The smallest absolute Gasteiger partial charge is 0.190 e. The number of pyridine rings is 1. The molecule has 6 nitrogen and oxygen atoms in total. The third kappa shape index (κ3) is 6.17. The number of rotatable bonds is 10. The predicted molar refractivity (Wildman–Crippen MR) is 134 cm³/mol. The molecule has 37 heavy (non-hydrogen) atoms. The van der Waals surface area contributed by atoms with Crippen molar-refractivity contribution >= 4 is 10.9 Å². The normalized spacial score (nSPS) is 16.6. The molecule has 0 amide bonds. The number of likely N-dealkylation sites (tertiary alicyclic amines) is 1. The third-order valence-corrected chi connectivity index (χ3v) is 7.47. The Morgan fingerprint density at radius 3 is 2.46 bits per heavy atom. The summed E-state index contributed by atoms with van der Waals surface area (Å²) in [6.45, 7) is 3.81. The maximum atomic E-state index is 13.8. The van der Waals surface area contributed by atoms with E-state index >= 15 is 0 Å². The van der Waals surface area contributed by atoms with Gasteiger partial charge in [0.05, 0.1) is 18.7 Å². The second kappa shape index (κ2) is 11.7. The van der Waals surface area contributed by atoms with Crippen molar-refractivity contribution in [3.8, 4) is 11.5 Å². The van der Waals surface area contributed by atoms with Crippen LogP contribution < -0.4 is 9.47 Å². The molecule has 1 fully saturated rings. The highest BCUT2D eigenvalue weighted by Crippen LogP contribution is 2.39. The molecule has 0 spiro atoms. The summed E-state index contributed by atoms with van der Waals surface area (Å²) in [5.74, 6) is -3.00. The van der Waals surface area contributed by atoms with Crippen LogP contribution in [0, 0.1) is 29.8 Å². The van der Waals surface area contributed by atoms with Crippen LogP contribution in [0.3, 0.4) is 0 Å². The second-order valence-electron chi connectivity index (χ2n) is 9.84. The molecule has 3 aromatic rings. The summed E-state index contributed by atoms with van der Waals surface area (Å²) in [5.41, 5.74) is 2.19. The number of methoxy groups -OCH3 is 1. The van der Waals surface area contributed by atoms with E-state index in [4.69, 9.17) is 9.47 Å². The van der Waals surface area contributed by atoms with Gasteiger partial charge in [0.25, 0.3) is 0 Å². The average molecular weight is 519 g/mol. The van der Waals surface area contributed by atoms with E-state index in [1.807, 2.05) is 25.1 Å². The largest absolute Gasteiger partial charge is 0.497 e. The van der Waals surface area contributed by atoms with Crippen molar-refractivity contribution < 1.29 is 32.9 Å². The molecule has 0 saturated carbocycles. The van der Waals surface area contributed by atoms with Gasteiger partial charge in [0.15, 0.2) is 17.4 Å². The van der Waals surface area contributed by atoms with Gasteiger partial charge in [0.2, 0.25) is 0 Å². The van der Waals surface area contributed by atoms with Crippen molar-refractivity contribution in [3.05, 3.63) is 65.1 Å². The number of hydrogen-bond acceptors (Lipinski definition) is 6. The summed E-state index contributed by atoms with van der Waals surface area (Å²) >= 11 is 0. The van der Waals surface area contributed by atoms with Gasteiger partial charge in [-0.05, 0) is 80.4 Å². The van der Waals surface area contributed by atoms with Crippen LogP contribution in [0.15, 0.2) is 36.5 Å². The first kappa shape index (κ1) is 27.2. The first-order valence-electron chi connectivity index (χ1n) is 12.5. The Morgan fingerprint density at radius 1 is 1.11 bits per heavy atom.